The summed E-state index contributed by atoms with van der Waals surface area (Å²) in [5.41, 5.74) is 2.37. The number of aromatic hydroxyl groups is 1. The Morgan fingerprint density at radius 1 is 1.23 bits per heavy atom. The number of ether oxygens (including phenoxy) is 1. The van der Waals surface area contributed by atoms with Crippen LogP contribution in [-0.2, 0) is 16.1 Å². The summed E-state index contributed by atoms with van der Waals surface area (Å²) in [5, 5.41) is 22.2. The van der Waals surface area contributed by atoms with Crippen molar-refractivity contribution in [3.8, 4) is 11.8 Å². The van der Waals surface area contributed by atoms with E-state index in [9.17, 15) is 20.0 Å². The van der Waals surface area contributed by atoms with Crippen LogP contribution < -0.4 is 5.32 Å². The van der Waals surface area contributed by atoms with Gasteiger partial charge in [0.05, 0.1) is 18.4 Å². The van der Waals surface area contributed by atoms with E-state index in [0.717, 1.165) is 11.3 Å². The zero-order valence-corrected chi connectivity index (χ0v) is 16.9. The number of phenols is 1. The summed E-state index contributed by atoms with van der Waals surface area (Å²) >= 11 is 0. The van der Waals surface area contributed by atoms with Crippen LogP contribution >= 0.6 is 0 Å². The van der Waals surface area contributed by atoms with Gasteiger partial charge in [0.15, 0.2) is 6.61 Å². The highest BCUT2D eigenvalue weighted by Crippen LogP contribution is 2.27. The molecule has 0 radical (unpaired) electrons. The van der Waals surface area contributed by atoms with E-state index in [2.05, 4.69) is 11.4 Å². The summed E-state index contributed by atoms with van der Waals surface area (Å²) in [6, 6.07) is 10.3. The van der Waals surface area contributed by atoms with Gasteiger partial charge >= 0.3 is 5.97 Å². The lowest BCUT2D eigenvalue weighted by molar-refractivity contribution is -0.119. The van der Waals surface area contributed by atoms with Crippen molar-refractivity contribution in [3.05, 3.63) is 70.3 Å². The molecule has 8 nitrogen and oxygen atoms in total. The minimum Gasteiger partial charge on any atom is -0.507 e. The third kappa shape index (κ3) is 4.05. The van der Waals surface area contributed by atoms with Crippen LogP contribution in [0.4, 0.5) is 5.82 Å². The third-order valence-corrected chi connectivity index (χ3v) is 4.89. The number of amides is 1. The lowest BCUT2D eigenvalue weighted by atomic mass is 10.1. The fourth-order valence-corrected chi connectivity index (χ4v) is 3.09. The van der Waals surface area contributed by atoms with Crippen LogP contribution in [0.1, 0.15) is 38.5 Å². The van der Waals surface area contributed by atoms with Gasteiger partial charge in [0, 0.05) is 5.69 Å². The molecule has 2 aromatic heterocycles. The van der Waals surface area contributed by atoms with Gasteiger partial charge in [-0.3, -0.25) is 4.79 Å². The Morgan fingerprint density at radius 3 is 2.67 bits per heavy atom. The molecule has 2 N–H and O–H groups in total. The van der Waals surface area contributed by atoms with Crippen LogP contribution in [0, 0.1) is 32.1 Å². The Hall–Kier alpha value is -3.99. The number of aryl methyl sites for hydroxylation is 1. The molecule has 0 fully saturated rings. The second-order valence-corrected chi connectivity index (χ2v) is 6.81. The van der Waals surface area contributed by atoms with Crippen molar-refractivity contribution in [2.45, 2.75) is 27.3 Å². The molecular formula is C22H21N3O5. The molecule has 0 spiro atoms. The van der Waals surface area contributed by atoms with Gasteiger partial charge in [0.25, 0.3) is 5.91 Å². The molecule has 0 unspecified atom stereocenters. The van der Waals surface area contributed by atoms with E-state index < -0.39 is 18.5 Å². The Balaban J connectivity index is 1.76. The van der Waals surface area contributed by atoms with Crippen molar-refractivity contribution in [2.24, 2.45) is 0 Å². The average molecular weight is 407 g/mol. The van der Waals surface area contributed by atoms with Crippen LogP contribution in [0.15, 0.2) is 41.0 Å². The second kappa shape index (κ2) is 8.57. The van der Waals surface area contributed by atoms with E-state index in [4.69, 9.17) is 9.15 Å². The number of nitriles is 1. The standard InChI is InChI=1S/C22H21N3O5/c1-13-6-4-8-17(20(13)27)22(28)30-12-19(26)24-21-18(10-23)14(2)15(3)25(21)11-16-7-5-9-29-16/h4-9,27H,11-12H2,1-3H3,(H,24,26). The first-order valence-corrected chi connectivity index (χ1v) is 9.21. The number of esters is 1. The van der Waals surface area contributed by atoms with Gasteiger partial charge in [-0.2, -0.15) is 5.26 Å². The fraction of sp³-hybridized carbons (Fsp3) is 0.227. The normalized spacial score (nSPS) is 10.5. The molecule has 154 valence electrons. The van der Waals surface area contributed by atoms with E-state index in [0.29, 0.717) is 29.2 Å². The quantitative estimate of drug-likeness (QED) is 0.605. The number of carbonyl (C=O) groups is 2. The van der Waals surface area contributed by atoms with Gasteiger partial charge in [0.1, 0.15) is 29.0 Å². The SMILES string of the molecule is Cc1cccc(C(=O)OCC(=O)Nc2c(C#N)c(C)c(C)n2Cc2ccco2)c1O. The Labute approximate surface area is 173 Å². The largest absolute Gasteiger partial charge is 0.507 e. The summed E-state index contributed by atoms with van der Waals surface area (Å²) in [5.74, 6) is -0.638. The predicted molar refractivity (Wildman–Crippen MR) is 108 cm³/mol. The number of benzene rings is 1. The molecule has 0 atom stereocenters. The van der Waals surface area contributed by atoms with Crippen LogP contribution in [0.5, 0.6) is 5.75 Å². The molecule has 0 saturated carbocycles. The van der Waals surface area contributed by atoms with Gasteiger partial charge in [0.2, 0.25) is 0 Å². The fourth-order valence-electron chi connectivity index (χ4n) is 3.09. The first-order valence-electron chi connectivity index (χ1n) is 9.21. The minimum atomic E-state index is -0.815. The van der Waals surface area contributed by atoms with E-state index in [1.165, 1.54) is 6.07 Å². The van der Waals surface area contributed by atoms with Gasteiger partial charge < -0.3 is 24.1 Å². The summed E-state index contributed by atoms with van der Waals surface area (Å²) in [4.78, 5) is 24.6. The van der Waals surface area contributed by atoms with Gasteiger partial charge in [-0.25, -0.2) is 4.79 Å². The first kappa shape index (κ1) is 20.7. The predicted octanol–water partition coefficient (Wildman–Crippen LogP) is 3.43. The number of carbonyl (C=O) groups excluding carboxylic acids is 2. The minimum absolute atomic E-state index is 0.0200. The number of hydrogen-bond donors (Lipinski definition) is 2. The number of nitrogens with one attached hydrogen (secondary N) is 1. The molecule has 0 aliphatic carbocycles. The number of nitrogens with zero attached hydrogens (tertiary/aromatic N) is 2. The van der Waals surface area contributed by atoms with Crippen molar-refractivity contribution in [3.63, 3.8) is 0 Å². The molecule has 0 aliphatic heterocycles. The maximum atomic E-state index is 12.4. The molecule has 30 heavy (non-hydrogen) atoms. The van der Waals surface area contributed by atoms with Crippen molar-refractivity contribution in [1.29, 1.82) is 5.26 Å². The first-order chi connectivity index (χ1) is 14.3. The van der Waals surface area contributed by atoms with Crippen LogP contribution in [0.25, 0.3) is 0 Å². The van der Waals surface area contributed by atoms with E-state index in [1.54, 1.807) is 48.9 Å². The Morgan fingerprint density at radius 2 is 2.00 bits per heavy atom. The van der Waals surface area contributed by atoms with Crippen molar-refractivity contribution >= 4 is 17.7 Å². The molecule has 8 heteroatoms. The zero-order valence-electron chi connectivity index (χ0n) is 16.9. The number of anilines is 1. The molecule has 3 rings (SSSR count). The lowest BCUT2D eigenvalue weighted by Gasteiger charge is -2.12. The molecule has 1 aromatic carbocycles. The molecular weight excluding hydrogens is 386 g/mol. The number of hydrogen-bond acceptors (Lipinski definition) is 6. The average Bonchev–Trinajstić information content (AvgIpc) is 3.31. The highest BCUT2D eigenvalue weighted by Gasteiger charge is 2.21. The molecule has 3 aromatic rings. The van der Waals surface area contributed by atoms with Gasteiger partial charge in [-0.1, -0.05) is 12.1 Å². The number of rotatable bonds is 6. The topological polar surface area (TPSA) is 117 Å². The van der Waals surface area contributed by atoms with Crippen molar-refractivity contribution < 1.29 is 23.8 Å². The van der Waals surface area contributed by atoms with Crippen molar-refractivity contribution in [1.82, 2.24) is 4.57 Å². The molecule has 0 aliphatic rings. The van der Waals surface area contributed by atoms with Gasteiger partial charge in [-0.15, -0.1) is 0 Å². The molecule has 0 saturated heterocycles. The highest BCUT2D eigenvalue weighted by atomic mass is 16.5. The summed E-state index contributed by atoms with van der Waals surface area (Å²) in [6.45, 7) is 5.05. The maximum absolute atomic E-state index is 12.4. The molecule has 1 amide bonds. The molecule has 0 bridgehead atoms. The Kier molecular flexibility index (Phi) is 5.93. The van der Waals surface area contributed by atoms with E-state index >= 15 is 0 Å². The van der Waals surface area contributed by atoms with Crippen LogP contribution in [-0.4, -0.2) is 28.2 Å². The lowest BCUT2D eigenvalue weighted by Crippen LogP contribution is -2.23. The van der Waals surface area contributed by atoms with Crippen LogP contribution in [0.3, 0.4) is 0 Å². The zero-order chi connectivity index (χ0) is 21.8. The van der Waals surface area contributed by atoms with Gasteiger partial charge in [-0.05, 0) is 50.1 Å². The van der Waals surface area contributed by atoms with E-state index in [-0.39, 0.29) is 11.3 Å². The smallest absolute Gasteiger partial charge is 0.342 e. The summed E-state index contributed by atoms with van der Waals surface area (Å²) < 4.78 is 12.2. The Bertz CT molecular complexity index is 1140. The monoisotopic (exact) mass is 407 g/mol. The number of phenolic OH excluding ortho intramolecular Hbond substituents is 1. The van der Waals surface area contributed by atoms with Crippen LogP contribution in [0.2, 0.25) is 0 Å². The number of furan rings is 1. The highest BCUT2D eigenvalue weighted by molar-refractivity contribution is 5.97. The number of para-hydroxylation sites is 1. The third-order valence-electron chi connectivity index (χ3n) is 4.89. The van der Waals surface area contributed by atoms with E-state index in [1.807, 2.05) is 6.92 Å². The maximum Gasteiger partial charge on any atom is 0.342 e. The number of aromatic nitrogens is 1. The summed E-state index contributed by atoms with van der Waals surface area (Å²) in [6.07, 6.45) is 1.55. The molecule has 2 heterocycles. The summed E-state index contributed by atoms with van der Waals surface area (Å²) in [7, 11) is 0. The second-order valence-electron chi connectivity index (χ2n) is 6.81. The van der Waals surface area contributed by atoms with Crippen molar-refractivity contribution in [2.75, 3.05) is 11.9 Å².